The number of likely N-dealkylation sites (N-methyl/N-ethyl adjacent to an activating group) is 1. The summed E-state index contributed by atoms with van der Waals surface area (Å²) in [6, 6.07) is 0. The SMILES string of the molecule is C[C@@H](O)[C@H]1C(=O)N2C(C(=O)O)=C(CN(C)CC(N)=O)S[C@H]12. The standard InChI is InChI=1S/C12H17N3O5S/c1-5(16)8-10(18)15-9(12(19)20)6(21-11(8)15)3-14(2)4-7(13)17/h5,8,11,16H,3-4H2,1-2H3,(H2,13,17)(H,19,20)/t5-,8+,11-/m1/s1. The summed E-state index contributed by atoms with van der Waals surface area (Å²) in [7, 11) is 1.64. The van der Waals surface area contributed by atoms with Gasteiger partial charge in [0.05, 0.1) is 18.6 Å². The summed E-state index contributed by atoms with van der Waals surface area (Å²) < 4.78 is 0. The lowest BCUT2D eigenvalue weighted by Crippen LogP contribution is -2.60. The number of aliphatic carboxylic acids is 1. The summed E-state index contributed by atoms with van der Waals surface area (Å²) in [4.78, 5) is 37.5. The van der Waals surface area contributed by atoms with Crippen molar-refractivity contribution in [2.45, 2.75) is 18.4 Å². The normalized spacial score (nSPS) is 25.9. The number of aliphatic hydroxyl groups excluding tert-OH is 1. The predicted molar refractivity (Wildman–Crippen MR) is 74.7 cm³/mol. The molecule has 0 aromatic carbocycles. The van der Waals surface area contributed by atoms with E-state index in [2.05, 4.69) is 0 Å². The molecule has 0 bridgehead atoms. The second kappa shape index (κ2) is 5.66. The number of hydrogen-bond acceptors (Lipinski definition) is 6. The van der Waals surface area contributed by atoms with Crippen molar-refractivity contribution in [1.82, 2.24) is 9.80 Å². The fraction of sp³-hybridized carbons (Fsp3) is 0.583. The highest BCUT2D eigenvalue weighted by molar-refractivity contribution is 8.04. The van der Waals surface area contributed by atoms with Crippen LogP contribution in [-0.2, 0) is 14.4 Å². The fourth-order valence-electron chi connectivity index (χ4n) is 2.53. The Balaban J connectivity index is 2.19. The molecule has 0 saturated carbocycles. The van der Waals surface area contributed by atoms with Gasteiger partial charge in [0.15, 0.2) is 0 Å². The number of carbonyl (C=O) groups is 3. The van der Waals surface area contributed by atoms with Gasteiger partial charge < -0.3 is 15.9 Å². The summed E-state index contributed by atoms with van der Waals surface area (Å²) in [6.45, 7) is 1.72. The quantitative estimate of drug-likeness (QED) is 0.516. The van der Waals surface area contributed by atoms with Crippen molar-refractivity contribution in [3.63, 3.8) is 0 Å². The Morgan fingerprint density at radius 2 is 2.14 bits per heavy atom. The molecule has 2 heterocycles. The number of nitrogens with two attached hydrogens (primary N) is 1. The Hall–Kier alpha value is -1.58. The van der Waals surface area contributed by atoms with Gasteiger partial charge in [-0.05, 0) is 14.0 Å². The van der Waals surface area contributed by atoms with Crippen LogP contribution in [0.1, 0.15) is 6.92 Å². The summed E-state index contributed by atoms with van der Waals surface area (Å²) in [6.07, 6.45) is -0.830. The molecule has 0 aliphatic carbocycles. The number of nitrogens with zero attached hydrogens (tertiary/aromatic N) is 2. The van der Waals surface area contributed by atoms with Crippen LogP contribution in [0, 0.1) is 5.92 Å². The number of β-lactam (4-membered cyclic amide) rings is 1. The van der Waals surface area contributed by atoms with Crippen molar-refractivity contribution in [3.8, 4) is 0 Å². The first-order chi connectivity index (χ1) is 9.73. The summed E-state index contributed by atoms with van der Waals surface area (Å²) >= 11 is 1.24. The summed E-state index contributed by atoms with van der Waals surface area (Å²) in [5, 5.41) is 18.5. The molecule has 1 saturated heterocycles. The Labute approximate surface area is 125 Å². The highest BCUT2D eigenvalue weighted by Crippen LogP contribution is 2.50. The molecule has 0 spiro atoms. The maximum absolute atomic E-state index is 12.0. The molecule has 2 aliphatic rings. The van der Waals surface area contributed by atoms with Crippen LogP contribution in [0.25, 0.3) is 0 Å². The number of primary amides is 1. The van der Waals surface area contributed by atoms with Gasteiger partial charge in [-0.25, -0.2) is 4.79 Å². The van der Waals surface area contributed by atoms with Crippen LogP contribution in [0.4, 0.5) is 0 Å². The van der Waals surface area contributed by atoms with Gasteiger partial charge in [0.1, 0.15) is 11.1 Å². The molecule has 0 unspecified atom stereocenters. The third kappa shape index (κ3) is 2.76. The monoisotopic (exact) mass is 315 g/mol. The van der Waals surface area contributed by atoms with Crippen LogP contribution in [0.3, 0.4) is 0 Å². The van der Waals surface area contributed by atoms with Crippen LogP contribution in [-0.4, -0.2) is 69.4 Å². The number of carboxylic acids is 1. The van der Waals surface area contributed by atoms with Gasteiger partial charge in [0, 0.05) is 11.4 Å². The van der Waals surface area contributed by atoms with Gasteiger partial charge >= 0.3 is 5.97 Å². The molecule has 2 rings (SSSR count). The van der Waals surface area contributed by atoms with Crippen molar-refractivity contribution in [2.75, 3.05) is 20.1 Å². The average molecular weight is 315 g/mol. The van der Waals surface area contributed by atoms with Crippen molar-refractivity contribution in [3.05, 3.63) is 10.6 Å². The maximum atomic E-state index is 12.0. The number of hydrogen-bond donors (Lipinski definition) is 3. The third-order valence-corrected chi connectivity index (χ3v) is 4.77. The molecule has 9 heteroatoms. The van der Waals surface area contributed by atoms with Gasteiger partial charge in [0.2, 0.25) is 11.8 Å². The molecule has 0 radical (unpaired) electrons. The molecule has 4 N–H and O–H groups in total. The van der Waals surface area contributed by atoms with E-state index in [1.54, 1.807) is 11.9 Å². The maximum Gasteiger partial charge on any atom is 0.353 e. The Bertz CT molecular complexity index is 533. The van der Waals surface area contributed by atoms with Gasteiger partial charge in [-0.15, -0.1) is 11.8 Å². The lowest BCUT2D eigenvalue weighted by atomic mass is 9.92. The summed E-state index contributed by atoms with van der Waals surface area (Å²) in [5.41, 5.74) is 5.03. The molecule has 1 fully saturated rings. The number of carbonyl (C=O) groups excluding carboxylic acids is 2. The molecule has 2 amide bonds. The second-order valence-corrected chi connectivity index (χ2v) is 6.41. The number of aliphatic hydroxyl groups is 1. The highest BCUT2D eigenvalue weighted by atomic mass is 32.2. The zero-order chi connectivity index (χ0) is 15.9. The lowest BCUT2D eigenvalue weighted by molar-refractivity contribution is -0.156. The first kappa shape index (κ1) is 15.8. The minimum Gasteiger partial charge on any atom is -0.477 e. The fourth-order valence-corrected chi connectivity index (χ4v) is 4.22. The highest BCUT2D eigenvalue weighted by Gasteiger charge is 2.57. The van der Waals surface area contributed by atoms with Gasteiger partial charge in [-0.1, -0.05) is 0 Å². The minimum atomic E-state index is -1.19. The first-order valence-corrected chi connectivity index (χ1v) is 7.23. The number of amides is 2. The molecular weight excluding hydrogens is 298 g/mol. The Morgan fingerprint density at radius 3 is 2.62 bits per heavy atom. The second-order valence-electron chi connectivity index (χ2n) is 5.20. The van der Waals surface area contributed by atoms with E-state index in [4.69, 9.17) is 5.73 Å². The van der Waals surface area contributed by atoms with Crippen molar-refractivity contribution < 1.29 is 24.6 Å². The van der Waals surface area contributed by atoms with Crippen molar-refractivity contribution in [2.24, 2.45) is 11.7 Å². The average Bonchev–Trinajstić information content (AvgIpc) is 2.62. The molecular formula is C12H17N3O5S. The number of carboxylic acid groups (broad SMARTS) is 1. The molecule has 116 valence electrons. The van der Waals surface area contributed by atoms with Gasteiger partial charge in [-0.3, -0.25) is 19.4 Å². The van der Waals surface area contributed by atoms with E-state index in [1.807, 2.05) is 0 Å². The molecule has 21 heavy (non-hydrogen) atoms. The number of fused-ring (bicyclic) bond motifs is 1. The Morgan fingerprint density at radius 1 is 1.52 bits per heavy atom. The largest absolute Gasteiger partial charge is 0.477 e. The zero-order valence-electron chi connectivity index (χ0n) is 11.6. The summed E-state index contributed by atoms with van der Waals surface area (Å²) in [5.74, 6) is -2.68. The van der Waals surface area contributed by atoms with Gasteiger partial charge in [-0.2, -0.15) is 0 Å². The number of rotatable bonds is 6. The van der Waals surface area contributed by atoms with E-state index in [1.165, 1.54) is 23.6 Å². The van der Waals surface area contributed by atoms with E-state index in [0.29, 0.717) is 4.91 Å². The van der Waals surface area contributed by atoms with E-state index in [9.17, 15) is 24.6 Å². The molecule has 0 aromatic rings. The van der Waals surface area contributed by atoms with E-state index in [0.717, 1.165) is 0 Å². The van der Waals surface area contributed by atoms with Crippen LogP contribution in [0.15, 0.2) is 10.6 Å². The van der Waals surface area contributed by atoms with Crippen molar-refractivity contribution in [1.29, 1.82) is 0 Å². The van der Waals surface area contributed by atoms with E-state index >= 15 is 0 Å². The topological polar surface area (TPSA) is 124 Å². The van der Waals surface area contributed by atoms with Crippen LogP contribution in [0.5, 0.6) is 0 Å². The van der Waals surface area contributed by atoms with E-state index in [-0.39, 0.29) is 30.1 Å². The molecule has 8 nitrogen and oxygen atoms in total. The zero-order valence-corrected chi connectivity index (χ0v) is 12.5. The Kier molecular flexibility index (Phi) is 4.26. The molecule has 0 aromatic heterocycles. The van der Waals surface area contributed by atoms with Crippen LogP contribution < -0.4 is 5.73 Å². The van der Waals surface area contributed by atoms with Crippen LogP contribution >= 0.6 is 11.8 Å². The number of thioether (sulfide) groups is 1. The minimum absolute atomic E-state index is 0.00456. The smallest absolute Gasteiger partial charge is 0.353 e. The van der Waals surface area contributed by atoms with Crippen LogP contribution in [0.2, 0.25) is 0 Å². The predicted octanol–water partition coefficient (Wildman–Crippen LogP) is -1.39. The lowest BCUT2D eigenvalue weighted by Gasteiger charge is -2.43. The molecule has 2 aliphatic heterocycles. The third-order valence-electron chi connectivity index (χ3n) is 3.41. The van der Waals surface area contributed by atoms with Crippen molar-refractivity contribution >= 4 is 29.5 Å². The van der Waals surface area contributed by atoms with Gasteiger partial charge in [0.25, 0.3) is 0 Å². The molecule has 3 atom stereocenters. The van der Waals surface area contributed by atoms with E-state index < -0.39 is 23.9 Å². The first-order valence-electron chi connectivity index (χ1n) is 6.35.